The minimum Gasteiger partial charge on any atom is -0.393 e. The molecule has 1 N–H and O–H groups in total. The van der Waals surface area contributed by atoms with Gasteiger partial charge >= 0.3 is 0 Å². The Kier molecular flexibility index (Phi) is 26.6. The van der Waals surface area contributed by atoms with E-state index in [0.717, 1.165) is 44.9 Å². The average molecular weight is 453 g/mol. The molecule has 2 heteroatoms. The molecule has 0 bridgehead atoms. The number of hydrogen-bond donors (Lipinski definition) is 1. The minimum atomic E-state index is -0.110. The van der Waals surface area contributed by atoms with E-state index in [-0.39, 0.29) is 6.10 Å². The molecule has 1 unspecified atom stereocenters. The highest BCUT2D eigenvalue weighted by Gasteiger charge is 2.03. The largest absolute Gasteiger partial charge is 0.393 e. The molecular formula is C30H60O2. The van der Waals surface area contributed by atoms with Gasteiger partial charge in [-0.25, -0.2) is 0 Å². The van der Waals surface area contributed by atoms with Crippen LogP contribution in [0.2, 0.25) is 0 Å². The average Bonchev–Trinajstić information content (AvgIpc) is 2.80. The SMILES string of the molecule is CCCCCCCCCCCCCCCCCCCC(=O)CCCCCCCC(O)CC. The van der Waals surface area contributed by atoms with E-state index in [9.17, 15) is 9.90 Å². The van der Waals surface area contributed by atoms with Crippen LogP contribution in [0, 0.1) is 0 Å². The van der Waals surface area contributed by atoms with E-state index in [2.05, 4.69) is 6.92 Å². The molecule has 0 saturated carbocycles. The van der Waals surface area contributed by atoms with E-state index in [1.807, 2.05) is 6.92 Å². The third-order valence-corrected chi connectivity index (χ3v) is 7.02. The first-order chi connectivity index (χ1) is 15.7. The molecule has 0 radical (unpaired) electrons. The van der Waals surface area contributed by atoms with Crippen LogP contribution in [0.15, 0.2) is 0 Å². The Bertz CT molecular complexity index is 366. The van der Waals surface area contributed by atoms with E-state index < -0.39 is 0 Å². The maximum absolute atomic E-state index is 12.0. The van der Waals surface area contributed by atoms with Crippen molar-refractivity contribution in [2.24, 2.45) is 0 Å². The number of aliphatic hydroxyl groups is 1. The van der Waals surface area contributed by atoms with Crippen molar-refractivity contribution in [3.8, 4) is 0 Å². The van der Waals surface area contributed by atoms with Crippen molar-refractivity contribution in [2.75, 3.05) is 0 Å². The van der Waals surface area contributed by atoms with Gasteiger partial charge in [-0.05, 0) is 25.7 Å². The summed E-state index contributed by atoms with van der Waals surface area (Å²) in [6, 6.07) is 0. The van der Waals surface area contributed by atoms with Gasteiger partial charge in [-0.1, -0.05) is 142 Å². The van der Waals surface area contributed by atoms with Gasteiger partial charge in [-0.15, -0.1) is 0 Å². The molecule has 0 aromatic rings. The third-order valence-electron chi connectivity index (χ3n) is 7.02. The smallest absolute Gasteiger partial charge is 0.132 e. The zero-order chi connectivity index (χ0) is 23.5. The molecule has 2 nitrogen and oxygen atoms in total. The number of unbranched alkanes of at least 4 members (excludes halogenated alkanes) is 20. The Hall–Kier alpha value is -0.370. The van der Waals surface area contributed by atoms with Crippen molar-refractivity contribution in [1.29, 1.82) is 0 Å². The summed E-state index contributed by atoms with van der Waals surface area (Å²) in [5.41, 5.74) is 0. The Labute approximate surface area is 202 Å². The summed E-state index contributed by atoms with van der Waals surface area (Å²) in [6.07, 6.45) is 32.7. The van der Waals surface area contributed by atoms with Gasteiger partial charge in [0.2, 0.25) is 0 Å². The molecule has 1 atom stereocenters. The quantitative estimate of drug-likeness (QED) is 0.126. The zero-order valence-electron chi connectivity index (χ0n) is 22.3. The maximum atomic E-state index is 12.0. The van der Waals surface area contributed by atoms with E-state index in [4.69, 9.17) is 0 Å². The summed E-state index contributed by atoms with van der Waals surface area (Å²) >= 11 is 0. The molecule has 0 spiro atoms. The summed E-state index contributed by atoms with van der Waals surface area (Å²) in [5, 5.41) is 9.53. The second-order valence-electron chi connectivity index (χ2n) is 10.3. The van der Waals surface area contributed by atoms with Gasteiger partial charge in [-0.2, -0.15) is 0 Å². The van der Waals surface area contributed by atoms with Crippen molar-refractivity contribution < 1.29 is 9.90 Å². The standard InChI is InChI=1S/C30H60O2/c1-3-5-6-7-8-9-10-11-12-13-14-15-16-17-18-20-24-27-30(32)28-25-22-19-21-23-26-29(31)4-2/h29,31H,3-28H2,1-2H3. The van der Waals surface area contributed by atoms with Crippen LogP contribution in [-0.2, 0) is 4.79 Å². The van der Waals surface area contributed by atoms with Crippen LogP contribution in [0.25, 0.3) is 0 Å². The number of carbonyl (C=O) groups excluding carboxylic acids is 1. The zero-order valence-corrected chi connectivity index (χ0v) is 22.3. The van der Waals surface area contributed by atoms with Gasteiger partial charge in [0.25, 0.3) is 0 Å². The van der Waals surface area contributed by atoms with Crippen molar-refractivity contribution in [2.45, 2.75) is 187 Å². The van der Waals surface area contributed by atoms with Gasteiger partial charge in [0.15, 0.2) is 0 Å². The lowest BCUT2D eigenvalue weighted by molar-refractivity contribution is -0.119. The van der Waals surface area contributed by atoms with Crippen LogP contribution in [-0.4, -0.2) is 17.0 Å². The molecule has 0 heterocycles. The summed E-state index contributed by atoms with van der Waals surface area (Å²) < 4.78 is 0. The summed E-state index contributed by atoms with van der Waals surface area (Å²) in [7, 11) is 0. The van der Waals surface area contributed by atoms with E-state index in [0.29, 0.717) is 5.78 Å². The number of hydrogen-bond acceptors (Lipinski definition) is 2. The normalized spacial score (nSPS) is 12.3. The van der Waals surface area contributed by atoms with Gasteiger partial charge in [0.05, 0.1) is 6.10 Å². The molecule has 32 heavy (non-hydrogen) atoms. The van der Waals surface area contributed by atoms with Crippen LogP contribution in [0.4, 0.5) is 0 Å². The number of rotatable bonds is 27. The van der Waals surface area contributed by atoms with Crippen LogP contribution in [0.5, 0.6) is 0 Å². The van der Waals surface area contributed by atoms with Gasteiger partial charge in [0, 0.05) is 12.8 Å². The molecule has 192 valence electrons. The minimum absolute atomic E-state index is 0.110. The lowest BCUT2D eigenvalue weighted by Crippen LogP contribution is -2.03. The second-order valence-corrected chi connectivity index (χ2v) is 10.3. The molecule has 0 amide bonds. The van der Waals surface area contributed by atoms with Crippen LogP contribution < -0.4 is 0 Å². The molecule has 0 saturated heterocycles. The fourth-order valence-corrected chi connectivity index (χ4v) is 4.61. The highest BCUT2D eigenvalue weighted by molar-refractivity contribution is 5.78. The number of ketones is 1. The molecule has 0 aliphatic rings. The van der Waals surface area contributed by atoms with Gasteiger partial charge < -0.3 is 5.11 Å². The Morgan fingerprint density at radius 3 is 1.16 bits per heavy atom. The van der Waals surface area contributed by atoms with Crippen LogP contribution >= 0.6 is 0 Å². The highest BCUT2D eigenvalue weighted by Crippen LogP contribution is 2.15. The lowest BCUT2D eigenvalue weighted by Gasteiger charge is -2.06. The van der Waals surface area contributed by atoms with Gasteiger partial charge in [0.1, 0.15) is 5.78 Å². The van der Waals surface area contributed by atoms with E-state index in [1.165, 1.54) is 122 Å². The predicted molar refractivity (Wildman–Crippen MR) is 142 cm³/mol. The molecule has 0 aliphatic carbocycles. The van der Waals surface area contributed by atoms with E-state index >= 15 is 0 Å². The number of aliphatic hydroxyl groups excluding tert-OH is 1. The molecule has 0 aromatic heterocycles. The monoisotopic (exact) mass is 452 g/mol. The fraction of sp³-hybridized carbons (Fsp3) is 0.967. The van der Waals surface area contributed by atoms with Crippen LogP contribution in [0.1, 0.15) is 181 Å². The molecule has 0 aliphatic heterocycles. The molecular weight excluding hydrogens is 392 g/mol. The van der Waals surface area contributed by atoms with Crippen molar-refractivity contribution in [3.63, 3.8) is 0 Å². The Morgan fingerprint density at radius 2 is 0.812 bits per heavy atom. The molecule has 0 aromatic carbocycles. The topological polar surface area (TPSA) is 37.3 Å². The number of Topliss-reactive ketones (excluding diaryl/α,β-unsaturated/α-hetero) is 1. The first kappa shape index (κ1) is 31.6. The lowest BCUT2D eigenvalue weighted by atomic mass is 10.0. The van der Waals surface area contributed by atoms with Crippen molar-refractivity contribution in [1.82, 2.24) is 0 Å². The van der Waals surface area contributed by atoms with Crippen molar-refractivity contribution in [3.05, 3.63) is 0 Å². The maximum Gasteiger partial charge on any atom is 0.132 e. The Morgan fingerprint density at radius 1 is 0.500 bits per heavy atom. The summed E-state index contributed by atoms with van der Waals surface area (Å²) in [6.45, 7) is 4.33. The fourth-order valence-electron chi connectivity index (χ4n) is 4.61. The molecule has 0 rings (SSSR count). The summed E-state index contributed by atoms with van der Waals surface area (Å²) in [5.74, 6) is 0.479. The first-order valence-corrected chi connectivity index (χ1v) is 14.9. The second kappa shape index (κ2) is 26.9. The van der Waals surface area contributed by atoms with E-state index in [1.54, 1.807) is 0 Å². The Balaban J connectivity index is 3.15. The third kappa shape index (κ3) is 25.9. The van der Waals surface area contributed by atoms with Gasteiger partial charge in [-0.3, -0.25) is 4.79 Å². The predicted octanol–water partition coefficient (Wildman–Crippen LogP) is 10.1. The number of carbonyl (C=O) groups is 1. The first-order valence-electron chi connectivity index (χ1n) is 14.9. The van der Waals surface area contributed by atoms with Crippen molar-refractivity contribution >= 4 is 5.78 Å². The van der Waals surface area contributed by atoms with Crippen LogP contribution in [0.3, 0.4) is 0 Å². The highest BCUT2D eigenvalue weighted by atomic mass is 16.3. The summed E-state index contributed by atoms with van der Waals surface area (Å²) in [4.78, 5) is 12.0. The molecule has 0 fully saturated rings.